The van der Waals surface area contributed by atoms with Crippen molar-refractivity contribution in [3.05, 3.63) is 89.8 Å². The molecule has 0 radical (unpaired) electrons. The number of rotatable bonds is 7. The molecule has 1 aliphatic heterocycles. The molecule has 0 saturated carbocycles. The average Bonchev–Trinajstić information content (AvgIpc) is 3.29. The maximum atomic E-state index is 13.9. The SMILES string of the molecule is O=C(NCC1CCN(C/C=C/c2ccccc2)CC1)c1cnn(-c2ccc(F)cc2F)c1. The van der Waals surface area contributed by atoms with Gasteiger partial charge in [0.1, 0.15) is 11.5 Å². The number of nitrogens with one attached hydrogen (secondary N) is 1. The third-order valence-corrected chi connectivity index (χ3v) is 5.73. The lowest BCUT2D eigenvalue weighted by Gasteiger charge is -2.31. The third-order valence-electron chi connectivity index (χ3n) is 5.73. The molecule has 0 atom stereocenters. The molecule has 1 saturated heterocycles. The van der Waals surface area contributed by atoms with Gasteiger partial charge in [0.15, 0.2) is 5.82 Å². The normalized spacial score (nSPS) is 15.3. The molecule has 3 aromatic rings. The summed E-state index contributed by atoms with van der Waals surface area (Å²) in [7, 11) is 0. The lowest BCUT2D eigenvalue weighted by Crippen LogP contribution is -2.38. The Bertz CT molecular complexity index is 1070. The van der Waals surface area contributed by atoms with E-state index in [1.807, 2.05) is 18.2 Å². The molecule has 2 aromatic carbocycles. The molecule has 1 aromatic heterocycles. The van der Waals surface area contributed by atoms with E-state index in [9.17, 15) is 13.6 Å². The third kappa shape index (κ3) is 5.68. The Balaban J connectivity index is 1.22. The number of likely N-dealkylation sites (tertiary alicyclic amines) is 1. The molecule has 7 heteroatoms. The van der Waals surface area contributed by atoms with E-state index >= 15 is 0 Å². The highest BCUT2D eigenvalue weighted by atomic mass is 19.1. The number of hydrogen-bond acceptors (Lipinski definition) is 3. The van der Waals surface area contributed by atoms with Crippen molar-refractivity contribution in [1.82, 2.24) is 20.0 Å². The molecule has 0 unspecified atom stereocenters. The average molecular weight is 437 g/mol. The zero-order valence-corrected chi connectivity index (χ0v) is 17.8. The lowest BCUT2D eigenvalue weighted by atomic mass is 9.96. The smallest absolute Gasteiger partial charge is 0.254 e. The summed E-state index contributed by atoms with van der Waals surface area (Å²) >= 11 is 0. The van der Waals surface area contributed by atoms with E-state index in [-0.39, 0.29) is 11.6 Å². The molecule has 1 aliphatic rings. The van der Waals surface area contributed by atoms with Crippen LogP contribution in [0.5, 0.6) is 0 Å². The van der Waals surface area contributed by atoms with Gasteiger partial charge in [0.25, 0.3) is 5.91 Å². The van der Waals surface area contributed by atoms with E-state index in [4.69, 9.17) is 0 Å². The first-order chi connectivity index (χ1) is 15.6. The van der Waals surface area contributed by atoms with Crippen molar-refractivity contribution in [2.24, 2.45) is 5.92 Å². The number of nitrogens with zero attached hydrogens (tertiary/aromatic N) is 3. The summed E-state index contributed by atoms with van der Waals surface area (Å²) in [6.45, 7) is 3.53. The fourth-order valence-corrected chi connectivity index (χ4v) is 3.85. The van der Waals surface area contributed by atoms with Crippen LogP contribution in [0, 0.1) is 17.6 Å². The van der Waals surface area contributed by atoms with Crippen molar-refractivity contribution >= 4 is 12.0 Å². The molecule has 1 fully saturated rings. The van der Waals surface area contributed by atoms with Gasteiger partial charge in [-0.05, 0) is 49.5 Å². The molecular formula is C25H26F2N4O. The van der Waals surface area contributed by atoms with Gasteiger partial charge in [-0.15, -0.1) is 0 Å². The van der Waals surface area contributed by atoms with Crippen LogP contribution in [0.2, 0.25) is 0 Å². The minimum Gasteiger partial charge on any atom is -0.352 e. The lowest BCUT2D eigenvalue weighted by molar-refractivity contribution is 0.0937. The molecule has 0 aliphatic carbocycles. The molecule has 1 amide bonds. The van der Waals surface area contributed by atoms with Gasteiger partial charge in [0.05, 0.1) is 11.8 Å². The van der Waals surface area contributed by atoms with Crippen molar-refractivity contribution in [2.75, 3.05) is 26.2 Å². The summed E-state index contributed by atoms with van der Waals surface area (Å²) in [4.78, 5) is 14.9. The highest BCUT2D eigenvalue weighted by Crippen LogP contribution is 2.17. The first-order valence-corrected chi connectivity index (χ1v) is 10.8. The molecule has 1 N–H and O–H groups in total. The van der Waals surface area contributed by atoms with Crippen molar-refractivity contribution in [1.29, 1.82) is 0 Å². The summed E-state index contributed by atoms with van der Waals surface area (Å²) in [6, 6.07) is 13.5. The molecule has 2 heterocycles. The largest absolute Gasteiger partial charge is 0.352 e. The van der Waals surface area contributed by atoms with Crippen LogP contribution in [0.4, 0.5) is 8.78 Å². The summed E-state index contributed by atoms with van der Waals surface area (Å²) < 4.78 is 28.3. The topological polar surface area (TPSA) is 50.2 Å². The minimum absolute atomic E-state index is 0.0964. The zero-order chi connectivity index (χ0) is 22.3. The van der Waals surface area contributed by atoms with E-state index in [1.165, 1.54) is 28.7 Å². The van der Waals surface area contributed by atoms with E-state index in [1.54, 1.807) is 0 Å². The van der Waals surface area contributed by atoms with Crippen LogP contribution in [0.15, 0.2) is 67.0 Å². The monoisotopic (exact) mass is 436 g/mol. The Labute approximate surface area is 186 Å². The molecule has 4 rings (SSSR count). The van der Waals surface area contributed by atoms with Crippen LogP contribution in [0.3, 0.4) is 0 Å². The highest BCUT2D eigenvalue weighted by Gasteiger charge is 2.20. The van der Waals surface area contributed by atoms with Crippen molar-refractivity contribution in [3.63, 3.8) is 0 Å². The molecule has 0 bridgehead atoms. The van der Waals surface area contributed by atoms with Gasteiger partial charge in [-0.25, -0.2) is 13.5 Å². The van der Waals surface area contributed by atoms with Crippen LogP contribution in [-0.4, -0.2) is 46.8 Å². The van der Waals surface area contributed by atoms with E-state index in [0.717, 1.165) is 44.6 Å². The first kappa shape index (κ1) is 21.9. The van der Waals surface area contributed by atoms with Crippen LogP contribution in [-0.2, 0) is 0 Å². The fraction of sp³-hybridized carbons (Fsp3) is 0.280. The number of hydrogen-bond donors (Lipinski definition) is 1. The van der Waals surface area contributed by atoms with Crippen LogP contribution in [0.25, 0.3) is 11.8 Å². The number of halogens is 2. The van der Waals surface area contributed by atoms with Crippen molar-refractivity contribution < 1.29 is 13.6 Å². The minimum atomic E-state index is -0.731. The standard InChI is InChI=1S/C25H26F2N4O/c26-22-8-9-24(23(27)15-22)31-18-21(17-29-31)25(32)28-16-20-10-13-30(14-11-20)12-4-7-19-5-2-1-3-6-19/h1-9,15,17-18,20H,10-14,16H2,(H,28,32)/b7-4+. The first-order valence-electron chi connectivity index (χ1n) is 10.8. The van der Waals surface area contributed by atoms with Crippen molar-refractivity contribution in [2.45, 2.75) is 12.8 Å². The predicted molar refractivity (Wildman–Crippen MR) is 120 cm³/mol. The molecule has 32 heavy (non-hydrogen) atoms. The Morgan fingerprint density at radius 2 is 1.91 bits per heavy atom. The second kappa shape index (κ2) is 10.3. The Morgan fingerprint density at radius 1 is 1.12 bits per heavy atom. The Hall–Kier alpha value is -3.32. The van der Waals surface area contributed by atoms with Gasteiger partial charge in [0.2, 0.25) is 0 Å². The maximum Gasteiger partial charge on any atom is 0.254 e. The van der Waals surface area contributed by atoms with E-state index in [0.29, 0.717) is 18.0 Å². The second-order valence-electron chi connectivity index (χ2n) is 8.04. The number of benzene rings is 2. The summed E-state index contributed by atoms with van der Waals surface area (Å²) in [5.41, 5.74) is 1.65. The fourth-order valence-electron chi connectivity index (χ4n) is 3.85. The van der Waals surface area contributed by atoms with E-state index in [2.05, 4.69) is 39.6 Å². The number of aromatic nitrogens is 2. The molecule has 0 spiro atoms. The van der Waals surface area contributed by atoms with Gasteiger partial charge in [0, 0.05) is 25.4 Å². The van der Waals surface area contributed by atoms with Crippen LogP contribution < -0.4 is 5.32 Å². The van der Waals surface area contributed by atoms with Crippen molar-refractivity contribution in [3.8, 4) is 5.69 Å². The van der Waals surface area contributed by atoms with Gasteiger partial charge >= 0.3 is 0 Å². The van der Waals surface area contributed by atoms with Gasteiger partial charge < -0.3 is 5.32 Å². The molecular weight excluding hydrogens is 410 g/mol. The van der Waals surface area contributed by atoms with Gasteiger partial charge in [-0.1, -0.05) is 42.5 Å². The van der Waals surface area contributed by atoms with Crippen LogP contribution >= 0.6 is 0 Å². The summed E-state index contributed by atoms with van der Waals surface area (Å²) in [6.07, 6.45) is 9.23. The molecule has 166 valence electrons. The summed E-state index contributed by atoms with van der Waals surface area (Å²) in [5.74, 6) is -1.20. The maximum absolute atomic E-state index is 13.9. The van der Waals surface area contributed by atoms with Gasteiger partial charge in [-0.3, -0.25) is 9.69 Å². The highest BCUT2D eigenvalue weighted by molar-refractivity contribution is 5.93. The number of carbonyl (C=O) groups is 1. The Kier molecular flexibility index (Phi) is 7.07. The second-order valence-corrected chi connectivity index (χ2v) is 8.04. The molecule has 5 nitrogen and oxygen atoms in total. The Morgan fingerprint density at radius 3 is 2.66 bits per heavy atom. The zero-order valence-electron chi connectivity index (χ0n) is 17.8. The number of carbonyl (C=O) groups excluding carboxylic acids is 1. The predicted octanol–water partition coefficient (Wildman–Crippen LogP) is 4.31. The number of amides is 1. The van der Waals surface area contributed by atoms with Crippen LogP contribution in [0.1, 0.15) is 28.8 Å². The number of piperidine rings is 1. The van der Waals surface area contributed by atoms with E-state index < -0.39 is 11.6 Å². The quantitative estimate of drug-likeness (QED) is 0.601. The van der Waals surface area contributed by atoms with Gasteiger partial charge in [-0.2, -0.15) is 5.10 Å². The summed E-state index contributed by atoms with van der Waals surface area (Å²) in [5, 5.41) is 6.99.